The van der Waals surface area contributed by atoms with E-state index in [9.17, 15) is 4.79 Å². The van der Waals surface area contributed by atoms with Crippen LogP contribution in [0.4, 0.5) is 5.88 Å². The summed E-state index contributed by atoms with van der Waals surface area (Å²) in [5, 5.41) is 0. The molecule has 0 aliphatic heterocycles. The highest BCUT2D eigenvalue weighted by Crippen LogP contribution is 2.22. The molecule has 2 aromatic rings. The molecular weight excluding hydrogens is 224 g/mol. The van der Waals surface area contributed by atoms with E-state index in [2.05, 4.69) is 9.97 Å². The maximum Gasteiger partial charge on any atom is 0.362 e. The molecule has 0 unspecified atom stereocenters. The molecule has 2 aromatic heterocycles. The highest BCUT2D eigenvalue weighted by molar-refractivity contribution is 5.92. The highest BCUT2D eigenvalue weighted by Gasteiger charge is 2.20. The molecule has 0 amide bonds. The summed E-state index contributed by atoms with van der Waals surface area (Å²) in [5.41, 5.74) is 6.04. The van der Waals surface area contributed by atoms with Crippen LogP contribution in [0.15, 0.2) is 16.9 Å². The molecule has 0 atom stereocenters. The second kappa shape index (κ2) is 4.28. The van der Waals surface area contributed by atoms with Gasteiger partial charge in [0.1, 0.15) is 5.69 Å². The standard InChI is InChI=1S/C10H12N4O3/c1-3-16-10(15)7-8(11)17-9(13-7)6-4-14(2)5-12-6/h4-5H,3,11H2,1-2H3. The number of ether oxygens (including phenoxy) is 1. The Balaban J connectivity index is 2.33. The molecule has 7 heteroatoms. The highest BCUT2D eigenvalue weighted by atomic mass is 16.5. The number of nitrogens with zero attached hydrogens (tertiary/aromatic N) is 3. The summed E-state index contributed by atoms with van der Waals surface area (Å²) in [6.45, 7) is 1.96. The first-order chi connectivity index (χ1) is 8.11. The van der Waals surface area contributed by atoms with Crippen molar-refractivity contribution in [2.45, 2.75) is 6.92 Å². The summed E-state index contributed by atoms with van der Waals surface area (Å²) < 4.78 is 11.7. The molecule has 2 heterocycles. The monoisotopic (exact) mass is 236 g/mol. The Hall–Kier alpha value is -2.31. The summed E-state index contributed by atoms with van der Waals surface area (Å²) in [7, 11) is 1.81. The van der Waals surface area contributed by atoms with E-state index in [-0.39, 0.29) is 24.1 Å². The molecule has 0 radical (unpaired) electrons. The van der Waals surface area contributed by atoms with Crippen molar-refractivity contribution < 1.29 is 13.9 Å². The number of rotatable bonds is 3. The summed E-state index contributed by atoms with van der Waals surface area (Å²) in [6, 6.07) is 0. The van der Waals surface area contributed by atoms with Gasteiger partial charge < -0.3 is 19.5 Å². The fourth-order valence-corrected chi connectivity index (χ4v) is 1.31. The zero-order valence-corrected chi connectivity index (χ0v) is 9.51. The average molecular weight is 236 g/mol. The van der Waals surface area contributed by atoms with E-state index in [1.54, 1.807) is 24.0 Å². The molecule has 2 N–H and O–H groups in total. The van der Waals surface area contributed by atoms with Gasteiger partial charge >= 0.3 is 5.97 Å². The third-order valence-corrected chi connectivity index (χ3v) is 2.05. The molecule has 2 rings (SSSR count). The second-order valence-electron chi connectivity index (χ2n) is 3.38. The van der Waals surface area contributed by atoms with Crippen LogP contribution in [0.3, 0.4) is 0 Å². The van der Waals surface area contributed by atoms with Crippen molar-refractivity contribution in [3.05, 3.63) is 18.2 Å². The number of hydrogen-bond donors (Lipinski definition) is 1. The third-order valence-electron chi connectivity index (χ3n) is 2.05. The number of esters is 1. The van der Waals surface area contributed by atoms with Gasteiger partial charge in [0.25, 0.3) is 0 Å². The quantitative estimate of drug-likeness (QED) is 0.793. The number of aromatic nitrogens is 3. The van der Waals surface area contributed by atoms with Crippen molar-refractivity contribution in [3.8, 4) is 11.6 Å². The molecule has 17 heavy (non-hydrogen) atoms. The van der Waals surface area contributed by atoms with E-state index in [1.165, 1.54) is 0 Å². The lowest BCUT2D eigenvalue weighted by atomic mass is 10.4. The molecular formula is C10H12N4O3. The molecule has 0 saturated heterocycles. The van der Waals surface area contributed by atoms with E-state index >= 15 is 0 Å². The van der Waals surface area contributed by atoms with Gasteiger partial charge in [-0.3, -0.25) is 0 Å². The number of anilines is 1. The molecule has 0 spiro atoms. The minimum absolute atomic E-state index is 0.0208. The largest absolute Gasteiger partial charge is 0.461 e. The SMILES string of the molecule is CCOC(=O)c1nc(-c2cn(C)cn2)oc1N. The van der Waals surface area contributed by atoms with Gasteiger partial charge in [0.2, 0.25) is 17.5 Å². The number of oxazole rings is 1. The smallest absolute Gasteiger partial charge is 0.362 e. The van der Waals surface area contributed by atoms with Crippen LogP contribution in [-0.2, 0) is 11.8 Å². The second-order valence-corrected chi connectivity index (χ2v) is 3.38. The third kappa shape index (κ3) is 2.12. The van der Waals surface area contributed by atoms with Crippen LogP contribution >= 0.6 is 0 Å². The van der Waals surface area contributed by atoms with Crippen molar-refractivity contribution >= 4 is 11.9 Å². The molecule has 90 valence electrons. The number of nitrogen functional groups attached to an aromatic ring is 1. The van der Waals surface area contributed by atoms with Gasteiger partial charge in [-0.2, -0.15) is 4.98 Å². The van der Waals surface area contributed by atoms with Gasteiger partial charge in [-0.25, -0.2) is 9.78 Å². The minimum Gasteiger partial charge on any atom is -0.461 e. The molecule has 0 saturated carbocycles. The van der Waals surface area contributed by atoms with Crippen LogP contribution in [0.1, 0.15) is 17.4 Å². The first-order valence-electron chi connectivity index (χ1n) is 5.03. The predicted octanol–water partition coefficient (Wildman–Crippen LogP) is 0.834. The van der Waals surface area contributed by atoms with Gasteiger partial charge in [0, 0.05) is 13.2 Å². The Labute approximate surface area is 97.2 Å². The van der Waals surface area contributed by atoms with Crippen molar-refractivity contribution in [1.82, 2.24) is 14.5 Å². The van der Waals surface area contributed by atoms with Crippen molar-refractivity contribution in [2.75, 3.05) is 12.3 Å². The van der Waals surface area contributed by atoms with Crippen LogP contribution < -0.4 is 5.73 Å². The Morgan fingerprint density at radius 3 is 3.00 bits per heavy atom. The molecule has 7 nitrogen and oxygen atoms in total. The topological polar surface area (TPSA) is 96.2 Å². The van der Waals surface area contributed by atoms with Crippen molar-refractivity contribution in [3.63, 3.8) is 0 Å². The molecule has 0 fully saturated rings. The number of nitrogens with two attached hydrogens (primary N) is 1. The van der Waals surface area contributed by atoms with Crippen molar-refractivity contribution in [1.29, 1.82) is 0 Å². The summed E-state index contributed by atoms with van der Waals surface area (Å²) in [6.07, 6.45) is 3.31. The van der Waals surface area contributed by atoms with E-state index in [4.69, 9.17) is 14.9 Å². The number of imidazole rings is 1. The van der Waals surface area contributed by atoms with E-state index in [0.717, 1.165) is 0 Å². The lowest BCUT2D eigenvalue weighted by Crippen LogP contribution is -2.07. The Bertz CT molecular complexity index is 543. The van der Waals surface area contributed by atoms with Gasteiger partial charge in [0.15, 0.2) is 0 Å². The summed E-state index contributed by atoms with van der Waals surface area (Å²) in [5.74, 6) is -0.466. The van der Waals surface area contributed by atoms with Gasteiger partial charge in [-0.05, 0) is 6.92 Å². The van der Waals surface area contributed by atoms with E-state index < -0.39 is 5.97 Å². The first kappa shape index (κ1) is 11.2. The van der Waals surface area contributed by atoms with Crippen LogP contribution in [0.5, 0.6) is 0 Å². The fraction of sp³-hybridized carbons (Fsp3) is 0.300. The molecule has 0 aliphatic carbocycles. The average Bonchev–Trinajstić information content (AvgIpc) is 2.85. The molecule has 0 aliphatic rings. The maximum absolute atomic E-state index is 11.5. The van der Waals surface area contributed by atoms with Crippen LogP contribution in [0.25, 0.3) is 11.6 Å². The van der Waals surface area contributed by atoms with Crippen molar-refractivity contribution in [2.24, 2.45) is 7.05 Å². The number of carbonyl (C=O) groups is 1. The van der Waals surface area contributed by atoms with Gasteiger partial charge in [-0.15, -0.1) is 0 Å². The summed E-state index contributed by atoms with van der Waals surface area (Å²) in [4.78, 5) is 19.5. The zero-order valence-electron chi connectivity index (χ0n) is 9.51. The van der Waals surface area contributed by atoms with Crippen LogP contribution in [-0.4, -0.2) is 27.1 Å². The number of aryl methyl sites for hydroxylation is 1. The normalized spacial score (nSPS) is 10.5. The van der Waals surface area contributed by atoms with Gasteiger partial charge in [0.05, 0.1) is 12.9 Å². The minimum atomic E-state index is -0.601. The Morgan fingerprint density at radius 2 is 2.41 bits per heavy atom. The Kier molecular flexibility index (Phi) is 2.82. The Morgan fingerprint density at radius 1 is 1.65 bits per heavy atom. The number of carbonyl (C=O) groups excluding carboxylic acids is 1. The maximum atomic E-state index is 11.5. The lowest BCUT2D eigenvalue weighted by molar-refractivity contribution is 0.0521. The molecule has 0 bridgehead atoms. The fourth-order valence-electron chi connectivity index (χ4n) is 1.31. The van der Waals surface area contributed by atoms with Crippen LogP contribution in [0, 0.1) is 0 Å². The van der Waals surface area contributed by atoms with E-state index in [0.29, 0.717) is 5.69 Å². The summed E-state index contributed by atoms with van der Waals surface area (Å²) >= 11 is 0. The first-order valence-corrected chi connectivity index (χ1v) is 5.03. The zero-order chi connectivity index (χ0) is 12.4. The lowest BCUT2D eigenvalue weighted by Gasteiger charge is -1.96. The molecule has 0 aromatic carbocycles. The van der Waals surface area contributed by atoms with Gasteiger partial charge in [-0.1, -0.05) is 0 Å². The van der Waals surface area contributed by atoms with Crippen LogP contribution in [0.2, 0.25) is 0 Å². The number of hydrogen-bond acceptors (Lipinski definition) is 6. The van der Waals surface area contributed by atoms with E-state index in [1.807, 2.05) is 7.05 Å². The predicted molar refractivity (Wildman–Crippen MR) is 59.1 cm³/mol.